The van der Waals surface area contributed by atoms with Gasteiger partial charge in [-0.25, -0.2) is 13.2 Å². The average molecular weight is 445 g/mol. The number of piperidine rings is 1. The van der Waals surface area contributed by atoms with Gasteiger partial charge in [0.1, 0.15) is 0 Å². The topological polar surface area (TPSA) is 84.0 Å². The van der Waals surface area contributed by atoms with Gasteiger partial charge in [0.15, 0.2) is 6.61 Å². The van der Waals surface area contributed by atoms with E-state index < -0.39 is 16.0 Å². The third-order valence-electron chi connectivity index (χ3n) is 5.40. The average Bonchev–Trinajstić information content (AvgIpc) is 2.76. The Hall–Kier alpha value is -2.87. The first kappa shape index (κ1) is 22.8. The van der Waals surface area contributed by atoms with Gasteiger partial charge in [-0.15, -0.1) is 0 Å². The maximum Gasteiger partial charge on any atom is 0.338 e. The lowest BCUT2D eigenvalue weighted by molar-refractivity contribution is -0.137. The molecule has 7 nitrogen and oxygen atoms in total. The Morgan fingerprint density at radius 1 is 1.03 bits per heavy atom. The zero-order chi connectivity index (χ0) is 22.6. The first-order valence-electron chi connectivity index (χ1n) is 10.3. The van der Waals surface area contributed by atoms with Crippen molar-refractivity contribution in [3.05, 3.63) is 60.2 Å². The van der Waals surface area contributed by atoms with Crippen LogP contribution in [0.4, 0.5) is 5.69 Å². The van der Waals surface area contributed by atoms with Gasteiger partial charge in [0.25, 0.3) is 15.9 Å². The van der Waals surface area contributed by atoms with Crippen molar-refractivity contribution in [1.29, 1.82) is 0 Å². The van der Waals surface area contributed by atoms with Crippen molar-refractivity contribution < 1.29 is 22.7 Å². The van der Waals surface area contributed by atoms with Crippen molar-refractivity contribution in [1.82, 2.24) is 4.90 Å². The van der Waals surface area contributed by atoms with E-state index in [1.165, 1.54) is 31.3 Å². The van der Waals surface area contributed by atoms with Crippen LogP contribution in [0.1, 0.15) is 30.6 Å². The fourth-order valence-electron chi connectivity index (χ4n) is 3.89. The van der Waals surface area contributed by atoms with Crippen molar-refractivity contribution in [3.63, 3.8) is 0 Å². The van der Waals surface area contributed by atoms with Crippen molar-refractivity contribution >= 4 is 27.6 Å². The molecule has 166 valence electrons. The van der Waals surface area contributed by atoms with Gasteiger partial charge in [-0.3, -0.25) is 9.10 Å². The van der Waals surface area contributed by atoms with Crippen molar-refractivity contribution in [2.45, 2.75) is 25.2 Å². The second kappa shape index (κ2) is 9.51. The molecule has 0 N–H and O–H groups in total. The summed E-state index contributed by atoms with van der Waals surface area (Å²) in [5.41, 5.74) is 0.585. The molecule has 0 saturated carbocycles. The zero-order valence-electron chi connectivity index (χ0n) is 18.0. The molecule has 0 unspecified atom stereocenters. The van der Waals surface area contributed by atoms with Crippen LogP contribution >= 0.6 is 0 Å². The van der Waals surface area contributed by atoms with Gasteiger partial charge in [-0.1, -0.05) is 38.1 Å². The molecule has 0 aliphatic carbocycles. The van der Waals surface area contributed by atoms with Gasteiger partial charge in [0.2, 0.25) is 0 Å². The number of amides is 1. The van der Waals surface area contributed by atoms with Crippen molar-refractivity contribution in [3.8, 4) is 0 Å². The Bertz CT molecular complexity index is 1030. The molecule has 31 heavy (non-hydrogen) atoms. The third-order valence-corrected chi connectivity index (χ3v) is 7.18. The van der Waals surface area contributed by atoms with Crippen LogP contribution < -0.4 is 4.31 Å². The number of sulfonamides is 1. The van der Waals surface area contributed by atoms with E-state index in [2.05, 4.69) is 13.8 Å². The van der Waals surface area contributed by atoms with Gasteiger partial charge in [-0.2, -0.15) is 0 Å². The van der Waals surface area contributed by atoms with Crippen LogP contribution in [0.5, 0.6) is 0 Å². The molecule has 2 atom stereocenters. The molecule has 1 heterocycles. The number of carbonyl (C=O) groups excluding carboxylic acids is 2. The molecule has 0 radical (unpaired) electrons. The summed E-state index contributed by atoms with van der Waals surface area (Å²) in [5.74, 6) is -0.149. The highest BCUT2D eigenvalue weighted by molar-refractivity contribution is 7.92. The Labute approximate surface area is 183 Å². The Balaban J connectivity index is 1.68. The number of rotatable bonds is 6. The van der Waals surface area contributed by atoms with Gasteiger partial charge < -0.3 is 9.64 Å². The Morgan fingerprint density at radius 3 is 2.32 bits per heavy atom. The summed E-state index contributed by atoms with van der Waals surface area (Å²) in [6, 6.07) is 14.3. The van der Waals surface area contributed by atoms with Crippen LogP contribution in [-0.2, 0) is 19.6 Å². The van der Waals surface area contributed by atoms with E-state index in [1.54, 1.807) is 35.2 Å². The van der Waals surface area contributed by atoms with E-state index in [0.29, 0.717) is 30.6 Å². The molecule has 0 bridgehead atoms. The van der Waals surface area contributed by atoms with Crippen LogP contribution in [0.15, 0.2) is 59.5 Å². The van der Waals surface area contributed by atoms with Crippen LogP contribution in [-0.4, -0.2) is 51.9 Å². The second-order valence-electron chi connectivity index (χ2n) is 8.16. The fraction of sp³-hybridized carbons (Fsp3) is 0.391. The van der Waals surface area contributed by atoms with E-state index in [1.807, 2.05) is 0 Å². The van der Waals surface area contributed by atoms with Crippen LogP contribution in [0, 0.1) is 11.8 Å². The third kappa shape index (κ3) is 5.44. The Kier molecular flexibility index (Phi) is 7.00. The number of nitrogens with zero attached hydrogens (tertiary/aromatic N) is 2. The molecule has 3 rings (SSSR count). The molecular weight excluding hydrogens is 416 g/mol. The number of ether oxygens (including phenoxy) is 1. The van der Waals surface area contributed by atoms with Crippen molar-refractivity contribution in [2.75, 3.05) is 31.0 Å². The van der Waals surface area contributed by atoms with Crippen LogP contribution in [0.25, 0.3) is 0 Å². The number of para-hydroxylation sites is 1. The smallest absolute Gasteiger partial charge is 0.338 e. The van der Waals surface area contributed by atoms with E-state index in [-0.39, 0.29) is 23.0 Å². The maximum absolute atomic E-state index is 13.0. The highest BCUT2D eigenvalue weighted by Crippen LogP contribution is 2.23. The van der Waals surface area contributed by atoms with Gasteiger partial charge in [-0.05, 0) is 48.6 Å². The van der Waals surface area contributed by atoms with Crippen LogP contribution in [0.2, 0.25) is 0 Å². The molecule has 1 aliphatic heterocycles. The molecule has 2 aromatic carbocycles. The lowest BCUT2D eigenvalue weighted by Crippen LogP contribution is -2.44. The molecule has 8 heteroatoms. The highest BCUT2D eigenvalue weighted by Gasteiger charge is 2.27. The first-order valence-corrected chi connectivity index (χ1v) is 11.7. The molecule has 0 aromatic heterocycles. The first-order chi connectivity index (χ1) is 14.7. The monoisotopic (exact) mass is 444 g/mol. The minimum absolute atomic E-state index is 0.0293. The molecular formula is C23H28N2O5S. The molecule has 0 spiro atoms. The zero-order valence-corrected chi connectivity index (χ0v) is 18.8. The molecule has 1 saturated heterocycles. The van der Waals surface area contributed by atoms with Gasteiger partial charge in [0, 0.05) is 20.1 Å². The largest absolute Gasteiger partial charge is 0.452 e. The van der Waals surface area contributed by atoms with E-state index in [9.17, 15) is 18.0 Å². The Morgan fingerprint density at radius 2 is 1.68 bits per heavy atom. The van der Waals surface area contributed by atoms with Gasteiger partial charge >= 0.3 is 5.97 Å². The predicted molar refractivity (Wildman–Crippen MR) is 118 cm³/mol. The van der Waals surface area contributed by atoms with E-state index in [4.69, 9.17) is 4.74 Å². The molecule has 1 amide bonds. The number of esters is 1. The minimum atomic E-state index is -3.86. The van der Waals surface area contributed by atoms with Crippen LogP contribution in [0.3, 0.4) is 0 Å². The maximum atomic E-state index is 13.0. The summed E-state index contributed by atoms with van der Waals surface area (Å²) in [6.07, 6.45) is 1.07. The van der Waals surface area contributed by atoms with Gasteiger partial charge in [0.05, 0.1) is 16.1 Å². The number of anilines is 1. The number of hydrogen-bond donors (Lipinski definition) is 0. The summed E-state index contributed by atoms with van der Waals surface area (Å²) in [4.78, 5) is 26.6. The summed E-state index contributed by atoms with van der Waals surface area (Å²) >= 11 is 0. The summed E-state index contributed by atoms with van der Waals surface area (Å²) in [6.45, 7) is 5.14. The summed E-state index contributed by atoms with van der Waals surface area (Å²) in [5, 5.41) is 0. The standard InChI is InChI=1S/C23H28N2O5S/c1-17-12-18(2)15-25(14-17)22(26)16-30-23(27)19-8-7-11-21(13-19)31(28,29)24(3)20-9-5-4-6-10-20/h4-11,13,17-18H,12,14-16H2,1-3H3/t17-,18+. The highest BCUT2D eigenvalue weighted by atomic mass is 32.2. The predicted octanol–water partition coefficient (Wildman–Crippen LogP) is 3.17. The molecule has 2 aromatic rings. The minimum Gasteiger partial charge on any atom is -0.452 e. The molecule has 1 fully saturated rings. The van der Waals surface area contributed by atoms with Crippen molar-refractivity contribution in [2.24, 2.45) is 11.8 Å². The number of hydrogen-bond acceptors (Lipinski definition) is 5. The lowest BCUT2D eigenvalue weighted by Gasteiger charge is -2.34. The number of carbonyl (C=O) groups is 2. The summed E-state index contributed by atoms with van der Waals surface area (Å²) in [7, 11) is -2.41. The second-order valence-corrected chi connectivity index (χ2v) is 10.1. The fourth-order valence-corrected chi connectivity index (χ4v) is 5.13. The molecule has 1 aliphatic rings. The SMILES string of the molecule is C[C@@H]1C[C@H](C)CN(C(=O)COC(=O)c2cccc(S(=O)(=O)N(C)c3ccccc3)c2)C1. The number of benzene rings is 2. The number of likely N-dealkylation sites (tertiary alicyclic amines) is 1. The van der Waals surface area contributed by atoms with E-state index >= 15 is 0 Å². The van der Waals surface area contributed by atoms with E-state index in [0.717, 1.165) is 10.7 Å². The quantitative estimate of drug-likeness (QED) is 0.639. The normalized spacial score (nSPS) is 19.0. The lowest BCUT2D eigenvalue weighted by atomic mass is 9.92. The summed E-state index contributed by atoms with van der Waals surface area (Å²) < 4.78 is 32.2.